The molecule has 0 radical (unpaired) electrons. The van der Waals surface area contributed by atoms with E-state index in [4.69, 9.17) is 10.5 Å². The molecule has 0 saturated carbocycles. The monoisotopic (exact) mass is 208 g/mol. The number of pyridine rings is 1. The number of esters is 1. The lowest BCUT2D eigenvalue weighted by atomic mass is 9.94. The SMILES string of the molecule is CCOC(=O)CC(C)(N)c1ccccn1. The van der Waals surface area contributed by atoms with E-state index in [9.17, 15) is 4.79 Å². The number of nitrogens with zero attached hydrogens (tertiary/aromatic N) is 1. The number of aromatic nitrogens is 1. The fraction of sp³-hybridized carbons (Fsp3) is 0.455. The highest BCUT2D eigenvalue weighted by Crippen LogP contribution is 2.19. The van der Waals surface area contributed by atoms with Gasteiger partial charge in [-0.2, -0.15) is 0 Å². The molecule has 1 heterocycles. The molecule has 0 aliphatic heterocycles. The number of carbonyl (C=O) groups excluding carboxylic acids is 1. The van der Waals surface area contributed by atoms with Crippen LogP contribution in [0.3, 0.4) is 0 Å². The van der Waals surface area contributed by atoms with Gasteiger partial charge in [0.2, 0.25) is 0 Å². The van der Waals surface area contributed by atoms with Crippen molar-refractivity contribution in [1.82, 2.24) is 4.98 Å². The summed E-state index contributed by atoms with van der Waals surface area (Å²) in [5, 5.41) is 0. The maximum Gasteiger partial charge on any atom is 0.308 e. The molecule has 1 aromatic rings. The third-order valence-electron chi connectivity index (χ3n) is 2.07. The lowest BCUT2D eigenvalue weighted by molar-refractivity contribution is -0.144. The molecule has 1 rings (SSSR count). The van der Waals surface area contributed by atoms with Crippen LogP contribution in [0.2, 0.25) is 0 Å². The summed E-state index contributed by atoms with van der Waals surface area (Å²) in [5.41, 5.74) is 5.93. The van der Waals surface area contributed by atoms with Gasteiger partial charge in [-0.15, -0.1) is 0 Å². The van der Waals surface area contributed by atoms with Gasteiger partial charge in [0.25, 0.3) is 0 Å². The summed E-state index contributed by atoms with van der Waals surface area (Å²) in [4.78, 5) is 15.4. The van der Waals surface area contributed by atoms with Gasteiger partial charge in [-0.3, -0.25) is 9.78 Å². The van der Waals surface area contributed by atoms with Crippen molar-refractivity contribution in [2.24, 2.45) is 5.73 Å². The summed E-state index contributed by atoms with van der Waals surface area (Å²) < 4.78 is 4.85. The quantitative estimate of drug-likeness (QED) is 0.755. The smallest absolute Gasteiger partial charge is 0.308 e. The van der Waals surface area contributed by atoms with Crippen molar-refractivity contribution in [3.05, 3.63) is 30.1 Å². The van der Waals surface area contributed by atoms with Crippen molar-refractivity contribution in [2.75, 3.05) is 6.61 Å². The first-order valence-electron chi connectivity index (χ1n) is 4.92. The molecule has 1 unspecified atom stereocenters. The van der Waals surface area contributed by atoms with Crippen LogP contribution in [0.1, 0.15) is 26.0 Å². The van der Waals surface area contributed by atoms with Gasteiger partial charge >= 0.3 is 5.97 Å². The number of rotatable bonds is 4. The average molecular weight is 208 g/mol. The Kier molecular flexibility index (Phi) is 3.80. The molecule has 1 aromatic heterocycles. The molecule has 2 N–H and O–H groups in total. The Morgan fingerprint density at radius 2 is 2.33 bits per heavy atom. The van der Waals surface area contributed by atoms with Crippen LogP contribution in [-0.4, -0.2) is 17.6 Å². The first-order valence-corrected chi connectivity index (χ1v) is 4.92. The molecule has 1 atom stereocenters. The van der Waals surface area contributed by atoms with E-state index in [0.717, 1.165) is 0 Å². The van der Waals surface area contributed by atoms with Crippen molar-refractivity contribution in [3.8, 4) is 0 Å². The summed E-state index contributed by atoms with van der Waals surface area (Å²) in [6.45, 7) is 3.91. The van der Waals surface area contributed by atoms with Crippen molar-refractivity contribution in [2.45, 2.75) is 25.8 Å². The number of ether oxygens (including phenoxy) is 1. The van der Waals surface area contributed by atoms with Crippen molar-refractivity contribution < 1.29 is 9.53 Å². The highest BCUT2D eigenvalue weighted by Gasteiger charge is 2.26. The van der Waals surface area contributed by atoms with Gasteiger partial charge < -0.3 is 10.5 Å². The van der Waals surface area contributed by atoms with Gasteiger partial charge in [0.15, 0.2) is 0 Å². The van der Waals surface area contributed by atoms with Crippen molar-refractivity contribution in [1.29, 1.82) is 0 Å². The summed E-state index contributed by atoms with van der Waals surface area (Å²) in [5.74, 6) is -0.298. The molecule has 4 nitrogen and oxygen atoms in total. The van der Waals surface area contributed by atoms with Crippen LogP contribution in [0.25, 0.3) is 0 Å². The Hall–Kier alpha value is -1.42. The molecular weight excluding hydrogens is 192 g/mol. The van der Waals surface area contributed by atoms with E-state index in [1.54, 1.807) is 26.1 Å². The lowest BCUT2D eigenvalue weighted by Crippen LogP contribution is -2.37. The fourth-order valence-corrected chi connectivity index (χ4v) is 1.30. The molecule has 4 heteroatoms. The van der Waals surface area contributed by atoms with Crippen LogP contribution in [0.15, 0.2) is 24.4 Å². The molecular formula is C11H16N2O2. The molecule has 0 amide bonds. The van der Waals surface area contributed by atoms with Crippen molar-refractivity contribution >= 4 is 5.97 Å². The summed E-state index contributed by atoms with van der Waals surface area (Å²) in [6.07, 6.45) is 1.80. The number of nitrogens with two attached hydrogens (primary N) is 1. The van der Waals surface area contributed by atoms with Gasteiger partial charge in [0.05, 0.1) is 24.3 Å². The Balaban J connectivity index is 2.71. The highest BCUT2D eigenvalue weighted by molar-refractivity contribution is 5.71. The Morgan fingerprint density at radius 3 is 2.87 bits per heavy atom. The lowest BCUT2D eigenvalue weighted by Gasteiger charge is -2.22. The third-order valence-corrected chi connectivity index (χ3v) is 2.07. The summed E-state index contributed by atoms with van der Waals surface area (Å²) in [6, 6.07) is 5.46. The Labute approximate surface area is 89.5 Å². The molecule has 0 aliphatic rings. The van der Waals surface area contributed by atoms with E-state index in [-0.39, 0.29) is 12.4 Å². The van der Waals surface area contributed by atoms with Gasteiger partial charge in [-0.1, -0.05) is 6.07 Å². The number of hydrogen-bond donors (Lipinski definition) is 1. The Morgan fingerprint density at radius 1 is 1.60 bits per heavy atom. The molecule has 15 heavy (non-hydrogen) atoms. The van der Waals surface area contributed by atoms with E-state index in [2.05, 4.69) is 4.98 Å². The minimum absolute atomic E-state index is 0.137. The zero-order valence-electron chi connectivity index (χ0n) is 9.06. The zero-order valence-corrected chi connectivity index (χ0v) is 9.06. The minimum atomic E-state index is -0.770. The van der Waals surface area contributed by atoms with E-state index >= 15 is 0 Å². The van der Waals surface area contributed by atoms with Crippen LogP contribution in [0.5, 0.6) is 0 Å². The van der Waals surface area contributed by atoms with E-state index in [1.807, 2.05) is 12.1 Å². The van der Waals surface area contributed by atoms with E-state index < -0.39 is 5.54 Å². The molecule has 0 spiro atoms. The topological polar surface area (TPSA) is 65.2 Å². The van der Waals surface area contributed by atoms with Gasteiger partial charge in [-0.25, -0.2) is 0 Å². The zero-order chi connectivity index (χ0) is 11.3. The van der Waals surface area contributed by atoms with Crippen LogP contribution < -0.4 is 5.73 Å². The first kappa shape index (κ1) is 11.7. The second-order valence-electron chi connectivity index (χ2n) is 3.61. The second-order valence-corrected chi connectivity index (χ2v) is 3.61. The van der Waals surface area contributed by atoms with Crippen LogP contribution in [-0.2, 0) is 15.1 Å². The van der Waals surface area contributed by atoms with Gasteiger partial charge in [-0.05, 0) is 26.0 Å². The fourth-order valence-electron chi connectivity index (χ4n) is 1.30. The van der Waals surface area contributed by atoms with Crippen LogP contribution in [0.4, 0.5) is 0 Å². The normalized spacial score (nSPS) is 14.3. The van der Waals surface area contributed by atoms with Crippen LogP contribution in [0, 0.1) is 0 Å². The first-order chi connectivity index (χ1) is 7.06. The van der Waals surface area contributed by atoms with Crippen LogP contribution >= 0.6 is 0 Å². The van der Waals surface area contributed by atoms with E-state index in [0.29, 0.717) is 12.3 Å². The molecule has 0 aliphatic carbocycles. The molecule has 0 bridgehead atoms. The predicted octanol–water partition coefficient (Wildman–Crippen LogP) is 1.21. The minimum Gasteiger partial charge on any atom is -0.466 e. The standard InChI is InChI=1S/C11H16N2O2/c1-3-15-10(14)8-11(2,12)9-6-4-5-7-13-9/h4-7H,3,8,12H2,1-2H3. The third kappa shape index (κ3) is 3.32. The summed E-state index contributed by atoms with van der Waals surface area (Å²) in [7, 11) is 0. The molecule has 0 aromatic carbocycles. The maximum absolute atomic E-state index is 11.3. The highest BCUT2D eigenvalue weighted by atomic mass is 16.5. The van der Waals surface area contributed by atoms with Gasteiger partial charge in [0.1, 0.15) is 0 Å². The van der Waals surface area contributed by atoms with Crippen molar-refractivity contribution in [3.63, 3.8) is 0 Å². The summed E-state index contributed by atoms with van der Waals surface area (Å²) >= 11 is 0. The number of carbonyl (C=O) groups is 1. The second kappa shape index (κ2) is 4.89. The average Bonchev–Trinajstić information content (AvgIpc) is 2.18. The van der Waals surface area contributed by atoms with E-state index in [1.165, 1.54) is 0 Å². The Bertz CT molecular complexity index is 323. The molecule has 0 saturated heterocycles. The molecule has 82 valence electrons. The molecule has 0 fully saturated rings. The maximum atomic E-state index is 11.3. The van der Waals surface area contributed by atoms with Gasteiger partial charge in [0, 0.05) is 6.20 Å². The largest absolute Gasteiger partial charge is 0.466 e. The number of hydrogen-bond acceptors (Lipinski definition) is 4. The predicted molar refractivity (Wildman–Crippen MR) is 57.0 cm³/mol.